The predicted molar refractivity (Wildman–Crippen MR) is 122 cm³/mol. The zero-order valence-corrected chi connectivity index (χ0v) is 19.2. The summed E-state index contributed by atoms with van der Waals surface area (Å²) in [6.45, 7) is 3.83. The smallest absolute Gasteiger partial charge is 0.416 e. The van der Waals surface area contributed by atoms with Crippen molar-refractivity contribution in [3.8, 4) is 22.8 Å². The number of para-hydroxylation sites is 1. The Bertz CT molecular complexity index is 1030. The quantitative estimate of drug-likeness (QED) is 0.383. The highest BCUT2D eigenvalue weighted by molar-refractivity contribution is 5.66. The molecule has 178 valence electrons. The number of unbranched alkanes of at least 4 members (excludes halogenated alkanes) is 1. The maximum absolute atomic E-state index is 13.6. The van der Waals surface area contributed by atoms with Crippen molar-refractivity contribution in [1.29, 1.82) is 0 Å². The molecule has 0 saturated carbocycles. The van der Waals surface area contributed by atoms with Gasteiger partial charge in [-0.25, -0.2) is 0 Å². The third-order valence-corrected chi connectivity index (χ3v) is 5.41. The molecule has 0 saturated heterocycles. The van der Waals surface area contributed by atoms with Crippen molar-refractivity contribution >= 4 is 0 Å². The Labute approximate surface area is 192 Å². The first-order chi connectivity index (χ1) is 15.8. The zero-order chi connectivity index (χ0) is 23.8. The first-order valence-corrected chi connectivity index (χ1v) is 11.0. The van der Waals surface area contributed by atoms with Crippen LogP contribution in [-0.4, -0.2) is 42.4 Å². The number of aromatic nitrogens is 2. The molecule has 0 radical (unpaired) electrons. The average Bonchev–Trinajstić information content (AvgIpc) is 3.25. The van der Waals surface area contributed by atoms with Crippen molar-refractivity contribution in [2.75, 3.05) is 27.3 Å². The summed E-state index contributed by atoms with van der Waals surface area (Å²) in [5.74, 6) is 0.884. The van der Waals surface area contributed by atoms with Gasteiger partial charge in [0.1, 0.15) is 11.5 Å². The molecule has 0 atom stereocenters. The van der Waals surface area contributed by atoms with Crippen molar-refractivity contribution in [2.24, 2.45) is 0 Å². The molecule has 0 aliphatic heterocycles. The molecule has 8 heteroatoms. The van der Waals surface area contributed by atoms with E-state index < -0.39 is 11.7 Å². The lowest BCUT2D eigenvalue weighted by molar-refractivity contribution is -0.137. The number of nitrogens with zero attached hydrogens (tertiary/aromatic N) is 2. The summed E-state index contributed by atoms with van der Waals surface area (Å²) in [5, 5.41) is 6.96. The topological polar surface area (TPSA) is 50.4 Å². The molecule has 0 bridgehead atoms. The van der Waals surface area contributed by atoms with Crippen LogP contribution >= 0.6 is 0 Å². The van der Waals surface area contributed by atoms with Crippen molar-refractivity contribution in [1.82, 2.24) is 15.1 Å². The molecule has 3 rings (SSSR count). The highest BCUT2D eigenvalue weighted by atomic mass is 19.4. The van der Waals surface area contributed by atoms with Gasteiger partial charge in [0.25, 0.3) is 0 Å². The fourth-order valence-corrected chi connectivity index (χ4v) is 3.66. The van der Waals surface area contributed by atoms with Gasteiger partial charge in [0.05, 0.1) is 31.2 Å². The second-order valence-corrected chi connectivity index (χ2v) is 8.02. The molecule has 1 aromatic heterocycles. The van der Waals surface area contributed by atoms with Gasteiger partial charge in [0.15, 0.2) is 0 Å². The maximum atomic E-state index is 13.6. The highest BCUT2D eigenvalue weighted by Gasteiger charge is 2.32. The van der Waals surface area contributed by atoms with E-state index in [1.807, 2.05) is 31.3 Å². The molecule has 5 nitrogen and oxygen atoms in total. The maximum Gasteiger partial charge on any atom is 0.416 e. The lowest BCUT2D eigenvalue weighted by Crippen LogP contribution is -2.19. The third kappa shape index (κ3) is 6.74. The fourth-order valence-electron chi connectivity index (χ4n) is 3.66. The summed E-state index contributed by atoms with van der Waals surface area (Å²) in [6, 6.07) is 11.3. The standard InChI is InChI=1S/C25H30F3N3O2/c1-4-5-11-31(2)17-20-16-29-30-24(20)19-13-21(25(26,27)28)15-22(14-19)33-12-10-18-8-6-7-9-23(18)32-3/h6-9,13-16H,4-5,10-12,17H2,1-3H3,(H,29,30). The van der Waals surface area contributed by atoms with Crippen molar-refractivity contribution in [3.05, 3.63) is 65.4 Å². The van der Waals surface area contributed by atoms with Gasteiger partial charge in [0.2, 0.25) is 0 Å². The van der Waals surface area contributed by atoms with Crippen LogP contribution in [-0.2, 0) is 19.1 Å². The van der Waals surface area contributed by atoms with Gasteiger partial charge in [-0.1, -0.05) is 31.5 Å². The molecular formula is C25H30F3N3O2. The van der Waals surface area contributed by atoms with E-state index in [-0.39, 0.29) is 12.4 Å². The fraction of sp³-hybridized carbons (Fsp3) is 0.400. The van der Waals surface area contributed by atoms with Gasteiger partial charge in [-0.05, 0) is 49.8 Å². The summed E-state index contributed by atoms with van der Waals surface area (Å²) in [6.07, 6.45) is -0.189. The summed E-state index contributed by atoms with van der Waals surface area (Å²) in [5.41, 5.74) is 1.98. The van der Waals surface area contributed by atoms with E-state index in [0.29, 0.717) is 24.2 Å². The van der Waals surface area contributed by atoms with Crippen LogP contribution < -0.4 is 9.47 Å². The Balaban J connectivity index is 1.82. The molecule has 0 spiro atoms. The minimum absolute atomic E-state index is 0.162. The largest absolute Gasteiger partial charge is 0.496 e. The Morgan fingerprint density at radius 1 is 1.09 bits per heavy atom. The molecule has 2 aromatic carbocycles. The molecule has 33 heavy (non-hydrogen) atoms. The van der Waals surface area contributed by atoms with Crippen molar-refractivity contribution in [3.63, 3.8) is 0 Å². The van der Waals surface area contributed by atoms with Crippen molar-refractivity contribution in [2.45, 2.75) is 38.9 Å². The second kappa shape index (κ2) is 11.2. The molecule has 0 aliphatic carbocycles. The van der Waals surface area contributed by atoms with E-state index in [1.54, 1.807) is 19.4 Å². The normalized spacial score (nSPS) is 11.7. The van der Waals surface area contributed by atoms with Crippen LogP contribution in [0.1, 0.15) is 36.5 Å². The molecule has 1 N–H and O–H groups in total. The molecule has 0 aliphatic rings. The lowest BCUT2D eigenvalue weighted by atomic mass is 10.0. The SMILES string of the molecule is CCCCN(C)Cc1cn[nH]c1-c1cc(OCCc2ccccc2OC)cc(C(F)(F)F)c1. The van der Waals surface area contributed by atoms with E-state index in [9.17, 15) is 13.2 Å². The van der Waals surface area contributed by atoms with Gasteiger partial charge >= 0.3 is 6.18 Å². The number of alkyl halides is 3. The number of methoxy groups -OCH3 is 1. The number of hydrogen-bond donors (Lipinski definition) is 1. The molecule has 0 amide bonds. The van der Waals surface area contributed by atoms with Gasteiger partial charge in [-0.3, -0.25) is 5.10 Å². The summed E-state index contributed by atoms with van der Waals surface area (Å²) in [4.78, 5) is 2.14. The van der Waals surface area contributed by atoms with Gasteiger partial charge in [-0.2, -0.15) is 18.3 Å². The highest BCUT2D eigenvalue weighted by Crippen LogP contribution is 2.36. The molecular weight excluding hydrogens is 431 g/mol. The Morgan fingerprint density at radius 3 is 2.61 bits per heavy atom. The summed E-state index contributed by atoms with van der Waals surface area (Å²) < 4.78 is 51.9. The van der Waals surface area contributed by atoms with Gasteiger partial charge in [0, 0.05) is 24.1 Å². The Hall–Kier alpha value is -3.00. The van der Waals surface area contributed by atoms with Crippen LogP contribution in [0.4, 0.5) is 13.2 Å². The Morgan fingerprint density at radius 2 is 1.88 bits per heavy atom. The first-order valence-electron chi connectivity index (χ1n) is 11.0. The minimum Gasteiger partial charge on any atom is -0.496 e. The number of ether oxygens (including phenoxy) is 2. The van der Waals surface area contributed by atoms with Crippen LogP contribution in [0.25, 0.3) is 11.3 Å². The number of H-pyrrole nitrogens is 1. The summed E-state index contributed by atoms with van der Waals surface area (Å²) in [7, 11) is 3.57. The molecule has 3 aromatic rings. The van der Waals surface area contributed by atoms with Gasteiger partial charge < -0.3 is 14.4 Å². The lowest BCUT2D eigenvalue weighted by Gasteiger charge is -2.17. The number of benzene rings is 2. The number of rotatable bonds is 11. The van der Waals surface area contributed by atoms with Crippen LogP contribution in [0.15, 0.2) is 48.7 Å². The monoisotopic (exact) mass is 461 g/mol. The van der Waals surface area contributed by atoms with Crippen molar-refractivity contribution < 1.29 is 22.6 Å². The average molecular weight is 462 g/mol. The van der Waals surface area contributed by atoms with E-state index >= 15 is 0 Å². The third-order valence-electron chi connectivity index (χ3n) is 5.41. The molecule has 1 heterocycles. The van der Waals surface area contributed by atoms with E-state index in [2.05, 4.69) is 22.0 Å². The van der Waals surface area contributed by atoms with Gasteiger partial charge in [-0.15, -0.1) is 0 Å². The predicted octanol–water partition coefficient (Wildman–Crippen LogP) is 5.96. The van der Waals surface area contributed by atoms with Crippen LogP contribution in [0.5, 0.6) is 11.5 Å². The number of halogens is 3. The van der Waals surface area contributed by atoms with E-state index in [4.69, 9.17) is 9.47 Å². The number of hydrogen-bond acceptors (Lipinski definition) is 4. The zero-order valence-electron chi connectivity index (χ0n) is 19.2. The number of aromatic amines is 1. The van der Waals surface area contributed by atoms with Crippen LogP contribution in [0.2, 0.25) is 0 Å². The number of nitrogens with one attached hydrogen (secondary N) is 1. The van der Waals surface area contributed by atoms with Crippen LogP contribution in [0, 0.1) is 0 Å². The summed E-state index contributed by atoms with van der Waals surface area (Å²) >= 11 is 0. The first kappa shape index (κ1) is 24.6. The van der Waals surface area contributed by atoms with Crippen LogP contribution in [0.3, 0.4) is 0 Å². The minimum atomic E-state index is -4.49. The second-order valence-electron chi connectivity index (χ2n) is 8.02. The van der Waals surface area contributed by atoms with E-state index in [0.717, 1.165) is 48.4 Å². The van der Waals surface area contributed by atoms with E-state index in [1.165, 1.54) is 0 Å². The Kier molecular flexibility index (Phi) is 8.38. The molecule has 0 unspecified atom stereocenters. The molecule has 0 fully saturated rings.